The predicted molar refractivity (Wildman–Crippen MR) is 78.2 cm³/mol. The van der Waals surface area contributed by atoms with Crippen molar-refractivity contribution in [3.05, 3.63) is 30.1 Å². The fourth-order valence-corrected chi connectivity index (χ4v) is 2.53. The molecule has 2 heterocycles. The van der Waals surface area contributed by atoms with E-state index >= 15 is 0 Å². The lowest BCUT2D eigenvalue weighted by atomic mass is 9.99. The molecule has 1 saturated heterocycles. The van der Waals surface area contributed by atoms with Crippen LogP contribution in [0.15, 0.2) is 24.3 Å². The van der Waals surface area contributed by atoms with Gasteiger partial charge in [-0.1, -0.05) is 19.1 Å². The number of benzene rings is 1. The topological polar surface area (TPSA) is 63.9 Å². The van der Waals surface area contributed by atoms with Crippen molar-refractivity contribution in [2.24, 2.45) is 5.92 Å². The molecule has 0 bridgehead atoms. The van der Waals surface area contributed by atoms with Crippen LogP contribution in [-0.2, 0) is 11.3 Å². The summed E-state index contributed by atoms with van der Waals surface area (Å²) in [5, 5.41) is 11.9. The number of likely N-dealkylation sites (tertiary alicyclic amines) is 1. The molecule has 1 aliphatic heterocycles. The van der Waals surface area contributed by atoms with E-state index in [4.69, 9.17) is 0 Å². The minimum atomic E-state index is -0.354. The van der Waals surface area contributed by atoms with Crippen LogP contribution >= 0.6 is 0 Å². The van der Waals surface area contributed by atoms with Crippen molar-refractivity contribution in [2.45, 2.75) is 26.3 Å². The van der Waals surface area contributed by atoms with Gasteiger partial charge in [0.25, 0.3) is 0 Å². The van der Waals surface area contributed by atoms with Crippen LogP contribution in [0.5, 0.6) is 0 Å². The summed E-state index contributed by atoms with van der Waals surface area (Å²) in [7, 11) is 0. The first-order valence-corrected chi connectivity index (χ1v) is 7.43. The normalized spacial score (nSPS) is 16.0. The van der Waals surface area contributed by atoms with Crippen LogP contribution in [0, 0.1) is 11.7 Å². The molecule has 1 aromatic heterocycles. The zero-order chi connectivity index (χ0) is 15.5. The summed E-state index contributed by atoms with van der Waals surface area (Å²) >= 11 is 0. The monoisotopic (exact) mass is 303 g/mol. The second-order valence-electron chi connectivity index (χ2n) is 5.72. The van der Waals surface area contributed by atoms with Crippen molar-refractivity contribution < 1.29 is 9.18 Å². The van der Waals surface area contributed by atoms with Crippen molar-refractivity contribution in [3.63, 3.8) is 0 Å². The molecule has 0 radical (unpaired) electrons. The quantitative estimate of drug-likeness (QED) is 0.866. The molecular weight excluding hydrogens is 285 g/mol. The van der Waals surface area contributed by atoms with Crippen LogP contribution in [0.4, 0.5) is 4.39 Å². The maximum Gasteiger partial charge on any atom is 0.246 e. The van der Waals surface area contributed by atoms with Crippen molar-refractivity contribution in [1.82, 2.24) is 25.1 Å². The lowest BCUT2D eigenvalue weighted by Gasteiger charge is -2.30. The molecule has 0 atom stereocenters. The third-order valence-corrected chi connectivity index (χ3v) is 3.95. The van der Waals surface area contributed by atoms with Gasteiger partial charge in [-0.3, -0.25) is 4.79 Å². The minimum Gasteiger partial charge on any atom is -0.341 e. The SMILES string of the molecule is CC1CCN(C(=O)Cn2nnc(-c3cccc(F)c3)n2)CC1. The van der Waals surface area contributed by atoms with Crippen LogP contribution in [0.3, 0.4) is 0 Å². The third kappa shape index (κ3) is 3.29. The molecule has 0 saturated carbocycles. The fraction of sp³-hybridized carbons (Fsp3) is 0.467. The summed E-state index contributed by atoms with van der Waals surface area (Å²) < 4.78 is 13.2. The second-order valence-corrected chi connectivity index (χ2v) is 5.72. The predicted octanol–water partition coefficient (Wildman–Crippen LogP) is 1.74. The summed E-state index contributed by atoms with van der Waals surface area (Å²) in [6.45, 7) is 3.83. The molecule has 7 heteroatoms. The standard InChI is InChI=1S/C15H18FN5O/c1-11-5-7-20(8-6-11)14(22)10-21-18-15(17-19-21)12-3-2-4-13(16)9-12/h2-4,9,11H,5-8,10H2,1H3. The zero-order valence-electron chi connectivity index (χ0n) is 12.4. The smallest absolute Gasteiger partial charge is 0.246 e. The average molecular weight is 303 g/mol. The number of carbonyl (C=O) groups is 1. The van der Waals surface area contributed by atoms with Crippen LogP contribution in [-0.4, -0.2) is 44.1 Å². The van der Waals surface area contributed by atoms with E-state index < -0.39 is 0 Å². The van der Waals surface area contributed by atoms with Crippen molar-refractivity contribution >= 4 is 5.91 Å². The summed E-state index contributed by atoms with van der Waals surface area (Å²) in [5.74, 6) is 0.634. The van der Waals surface area contributed by atoms with Gasteiger partial charge in [-0.25, -0.2) is 4.39 Å². The molecule has 22 heavy (non-hydrogen) atoms. The molecule has 1 fully saturated rings. The number of amides is 1. The number of aromatic nitrogens is 4. The van der Waals surface area contributed by atoms with E-state index in [0.717, 1.165) is 25.9 Å². The van der Waals surface area contributed by atoms with Gasteiger partial charge < -0.3 is 4.90 Å². The highest BCUT2D eigenvalue weighted by molar-refractivity contribution is 5.75. The van der Waals surface area contributed by atoms with Gasteiger partial charge in [-0.2, -0.15) is 4.80 Å². The van der Waals surface area contributed by atoms with Gasteiger partial charge in [0, 0.05) is 18.7 Å². The molecule has 1 aromatic carbocycles. The Morgan fingerprint density at radius 2 is 2.14 bits per heavy atom. The van der Waals surface area contributed by atoms with Crippen molar-refractivity contribution in [2.75, 3.05) is 13.1 Å². The lowest BCUT2D eigenvalue weighted by Crippen LogP contribution is -2.40. The van der Waals surface area contributed by atoms with E-state index in [9.17, 15) is 9.18 Å². The third-order valence-electron chi connectivity index (χ3n) is 3.95. The zero-order valence-corrected chi connectivity index (χ0v) is 12.4. The van der Waals surface area contributed by atoms with E-state index in [1.54, 1.807) is 12.1 Å². The highest BCUT2D eigenvalue weighted by Crippen LogP contribution is 2.17. The summed E-state index contributed by atoms with van der Waals surface area (Å²) in [6.07, 6.45) is 2.07. The molecule has 6 nitrogen and oxygen atoms in total. The minimum absolute atomic E-state index is 0.00454. The number of tetrazole rings is 1. The van der Waals surface area contributed by atoms with E-state index in [2.05, 4.69) is 22.3 Å². The Morgan fingerprint density at radius 1 is 1.36 bits per heavy atom. The molecule has 116 valence electrons. The second kappa shape index (κ2) is 6.21. The number of hydrogen-bond donors (Lipinski definition) is 0. The number of piperidine rings is 1. The van der Waals surface area contributed by atoms with Crippen molar-refractivity contribution in [3.8, 4) is 11.4 Å². The Hall–Kier alpha value is -2.31. The number of carbonyl (C=O) groups excluding carboxylic acids is 1. The van der Waals surface area contributed by atoms with E-state index in [1.165, 1.54) is 16.9 Å². The van der Waals surface area contributed by atoms with Gasteiger partial charge in [-0.05, 0) is 36.1 Å². The summed E-state index contributed by atoms with van der Waals surface area (Å²) in [4.78, 5) is 15.3. The summed E-state index contributed by atoms with van der Waals surface area (Å²) in [6, 6.07) is 5.99. The molecule has 0 aliphatic carbocycles. The van der Waals surface area contributed by atoms with E-state index in [0.29, 0.717) is 17.3 Å². The van der Waals surface area contributed by atoms with Gasteiger partial charge >= 0.3 is 0 Å². The Bertz CT molecular complexity index is 663. The van der Waals surface area contributed by atoms with Crippen LogP contribution in [0.1, 0.15) is 19.8 Å². The Kier molecular flexibility index (Phi) is 4.13. The van der Waals surface area contributed by atoms with Crippen LogP contribution < -0.4 is 0 Å². The van der Waals surface area contributed by atoms with Gasteiger partial charge in [0.05, 0.1) is 0 Å². The molecular formula is C15H18FN5O. The largest absolute Gasteiger partial charge is 0.341 e. The van der Waals surface area contributed by atoms with Gasteiger partial charge in [0.15, 0.2) is 0 Å². The lowest BCUT2D eigenvalue weighted by molar-refractivity contribution is -0.133. The molecule has 1 amide bonds. The molecule has 2 aromatic rings. The highest BCUT2D eigenvalue weighted by Gasteiger charge is 2.21. The van der Waals surface area contributed by atoms with E-state index in [1.807, 2.05) is 4.90 Å². The van der Waals surface area contributed by atoms with Gasteiger partial charge in [0.2, 0.25) is 11.7 Å². The maximum absolute atomic E-state index is 13.2. The van der Waals surface area contributed by atoms with E-state index in [-0.39, 0.29) is 18.3 Å². The fourth-order valence-electron chi connectivity index (χ4n) is 2.53. The Morgan fingerprint density at radius 3 is 2.86 bits per heavy atom. The van der Waals surface area contributed by atoms with Crippen molar-refractivity contribution in [1.29, 1.82) is 0 Å². The van der Waals surface area contributed by atoms with Crippen LogP contribution in [0.25, 0.3) is 11.4 Å². The molecule has 0 N–H and O–H groups in total. The Labute approximate surface area is 127 Å². The number of rotatable bonds is 3. The first-order chi connectivity index (χ1) is 10.6. The number of hydrogen-bond acceptors (Lipinski definition) is 4. The highest BCUT2D eigenvalue weighted by atomic mass is 19.1. The molecule has 0 unspecified atom stereocenters. The first kappa shape index (κ1) is 14.6. The number of halogens is 1. The summed E-state index contributed by atoms with van der Waals surface area (Å²) in [5.41, 5.74) is 0.547. The van der Waals surface area contributed by atoms with Gasteiger partial charge in [0.1, 0.15) is 12.4 Å². The number of nitrogens with zero attached hydrogens (tertiary/aromatic N) is 5. The Balaban J connectivity index is 1.65. The van der Waals surface area contributed by atoms with Gasteiger partial charge in [-0.15, -0.1) is 10.2 Å². The molecule has 1 aliphatic rings. The average Bonchev–Trinajstić information content (AvgIpc) is 2.96. The van der Waals surface area contributed by atoms with Crippen LogP contribution in [0.2, 0.25) is 0 Å². The molecule has 3 rings (SSSR count). The first-order valence-electron chi connectivity index (χ1n) is 7.43. The maximum atomic E-state index is 13.2. The molecule has 0 spiro atoms.